The number of halogens is 3. The van der Waals surface area contributed by atoms with Crippen LogP contribution in [-0.2, 0) is 0 Å². The Morgan fingerprint density at radius 3 is 2.41 bits per heavy atom. The van der Waals surface area contributed by atoms with Gasteiger partial charge >= 0.3 is 0 Å². The highest BCUT2D eigenvalue weighted by molar-refractivity contribution is 9.10. The van der Waals surface area contributed by atoms with Gasteiger partial charge < -0.3 is 0 Å². The lowest BCUT2D eigenvalue weighted by molar-refractivity contribution is 0.603. The molecule has 1 unspecified atom stereocenters. The van der Waals surface area contributed by atoms with Gasteiger partial charge in [0.05, 0.1) is 5.38 Å². The highest BCUT2D eigenvalue weighted by Crippen LogP contribution is 2.32. The molecule has 0 N–H and O–H groups in total. The summed E-state index contributed by atoms with van der Waals surface area (Å²) < 4.78 is 14.9. The van der Waals surface area contributed by atoms with Gasteiger partial charge in [0.1, 0.15) is 5.82 Å². The van der Waals surface area contributed by atoms with Gasteiger partial charge in [-0.2, -0.15) is 0 Å². The largest absolute Gasteiger partial charge is 0.206 e. The molecule has 17 heavy (non-hydrogen) atoms. The molecular weight excluding hydrogens is 303 g/mol. The zero-order valence-electron chi connectivity index (χ0n) is 9.25. The summed E-state index contributed by atoms with van der Waals surface area (Å²) in [7, 11) is 0. The molecule has 3 heteroatoms. The zero-order valence-corrected chi connectivity index (χ0v) is 11.6. The first-order valence-electron chi connectivity index (χ1n) is 5.24. The van der Waals surface area contributed by atoms with Crippen molar-refractivity contribution >= 4 is 27.5 Å². The van der Waals surface area contributed by atoms with Crippen LogP contribution in [0, 0.1) is 12.7 Å². The summed E-state index contributed by atoms with van der Waals surface area (Å²) in [5.41, 5.74) is 2.03. The van der Waals surface area contributed by atoms with Gasteiger partial charge in [0.2, 0.25) is 0 Å². The van der Waals surface area contributed by atoms with Crippen LogP contribution in [0.3, 0.4) is 0 Å². The van der Waals surface area contributed by atoms with Crippen LogP contribution in [0.25, 0.3) is 0 Å². The first-order valence-corrected chi connectivity index (χ1v) is 6.47. The second-order valence-corrected chi connectivity index (χ2v) is 5.24. The lowest BCUT2D eigenvalue weighted by Gasteiger charge is -2.12. The minimum atomic E-state index is -0.456. The molecular formula is C14H11BrClF. The topological polar surface area (TPSA) is 0 Å². The molecule has 0 amide bonds. The van der Waals surface area contributed by atoms with Crippen molar-refractivity contribution in [1.82, 2.24) is 0 Å². The van der Waals surface area contributed by atoms with E-state index >= 15 is 0 Å². The minimum Gasteiger partial charge on any atom is -0.206 e. The Morgan fingerprint density at radius 1 is 1.12 bits per heavy atom. The Morgan fingerprint density at radius 2 is 1.76 bits per heavy atom. The average molecular weight is 314 g/mol. The number of aryl methyl sites for hydroxylation is 1. The molecule has 0 spiro atoms. The maximum absolute atomic E-state index is 13.9. The molecule has 0 aliphatic heterocycles. The Balaban J connectivity index is 2.40. The number of hydrogen-bond donors (Lipinski definition) is 0. The predicted molar refractivity (Wildman–Crippen MR) is 73.0 cm³/mol. The highest BCUT2D eigenvalue weighted by Gasteiger charge is 2.15. The highest BCUT2D eigenvalue weighted by atomic mass is 79.9. The lowest BCUT2D eigenvalue weighted by atomic mass is 10.0. The molecule has 0 bridgehead atoms. The summed E-state index contributed by atoms with van der Waals surface area (Å²) in [5.74, 6) is -0.226. The van der Waals surface area contributed by atoms with Crippen LogP contribution in [0.5, 0.6) is 0 Å². The quantitative estimate of drug-likeness (QED) is 0.666. The molecule has 88 valence electrons. The van der Waals surface area contributed by atoms with Crippen molar-refractivity contribution in [3.05, 3.63) is 69.4 Å². The third-order valence-electron chi connectivity index (χ3n) is 2.66. The van der Waals surface area contributed by atoms with E-state index in [4.69, 9.17) is 11.6 Å². The van der Waals surface area contributed by atoms with E-state index < -0.39 is 5.38 Å². The molecule has 0 nitrogen and oxygen atoms in total. The molecule has 0 heterocycles. The van der Waals surface area contributed by atoms with Gasteiger partial charge in [-0.25, -0.2) is 4.39 Å². The molecule has 1 atom stereocenters. The van der Waals surface area contributed by atoms with Crippen LogP contribution in [0.1, 0.15) is 22.1 Å². The average Bonchev–Trinajstić information content (AvgIpc) is 2.33. The fourth-order valence-electron chi connectivity index (χ4n) is 1.68. The second kappa shape index (κ2) is 5.19. The van der Waals surface area contributed by atoms with Gasteiger partial charge in [-0.1, -0.05) is 46.3 Å². The Labute approximate surface area is 114 Å². The van der Waals surface area contributed by atoms with E-state index in [0.717, 1.165) is 10.0 Å². The van der Waals surface area contributed by atoms with Crippen molar-refractivity contribution in [2.75, 3.05) is 0 Å². The smallest absolute Gasteiger partial charge is 0.131 e. The molecule has 0 aromatic heterocycles. The van der Waals surface area contributed by atoms with E-state index in [9.17, 15) is 4.39 Å². The van der Waals surface area contributed by atoms with Gasteiger partial charge in [0, 0.05) is 10.0 Å². The number of alkyl halides is 1. The summed E-state index contributed by atoms with van der Waals surface area (Å²) in [6.45, 7) is 1.74. The Kier molecular flexibility index (Phi) is 3.85. The van der Waals surface area contributed by atoms with E-state index in [0.29, 0.717) is 11.1 Å². The zero-order chi connectivity index (χ0) is 12.4. The number of benzene rings is 2. The second-order valence-electron chi connectivity index (χ2n) is 3.89. The molecule has 0 radical (unpaired) electrons. The van der Waals surface area contributed by atoms with E-state index in [1.807, 2.05) is 30.3 Å². The maximum Gasteiger partial charge on any atom is 0.131 e. The van der Waals surface area contributed by atoms with Gasteiger partial charge in [-0.15, -0.1) is 11.6 Å². The van der Waals surface area contributed by atoms with Crippen molar-refractivity contribution in [2.24, 2.45) is 0 Å². The lowest BCUT2D eigenvalue weighted by Crippen LogP contribution is -1.98. The third-order valence-corrected chi connectivity index (χ3v) is 3.67. The van der Waals surface area contributed by atoms with Gasteiger partial charge in [-0.05, 0) is 30.2 Å². The van der Waals surface area contributed by atoms with Crippen LogP contribution in [0.4, 0.5) is 4.39 Å². The van der Waals surface area contributed by atoms with Crippen LogP contribution in [0.15, 0.2) is 46.9 Å². The first-order chi connectivity index (χ1) is 8.09. The monoisotopic (exact) mass is 312 g/mol. The molecule has 2 aromatic carbocycles. The van der Waals surface area contributed by atoms with Crippen LogP contribution < -0.4 is 0 Å². The van der Waals surface area contributed by atoms with Crippen molar-refractivity contribution in [3.63, 3.8) is 0 Å². The van der Waals surface area contributed by atoms with E-state index in [2.05, 4.69) is 15.9 Å². The maximum atomic E-state index is 13.9. The Hall–Kier alpha value is -0.860. The van der Waals surface area contributed by atoms with Crippen LogP contribution >= 0.6 is 27.5 Å². The molecule has 0 aliphatic rings. The summed E-state index contributed by atoms with van der Waals surface area (Å²) in [6.07, 6.45) is 0. The SMILES string of the molecule is Cc1cccc(C(Cl)c2ccc(Br)cc2)c1F. The van der Waals surface area contributed by atoms with E-state index in [1.54, 1.807) is 19.1 Å². The van der Waals surface area contributed by atoms with Crippen molar-refractivity contribution in [1.29, 1.82) is 0 Å². The number of rotatable bonds is 2. The standard InChI is InChI=1S/C14H11BrClF/c1-9-3-2-4-12(14(9)17)13(16)10-5-7-11(15)8-6-10/h2-8,13H,1H3. The summed E-state index contributed by atoms with van der Waals surface area (Å²) >= 11 is 9.67. The molecule has 2 rings (SSSR count). The summed E-state index contributed by atoms with van der Waals surface area (Å²) in [5, 5.41) is -0.456. The minimum absolute atomic E-state index is 0.226. The first kappa shape index (κ1) is 12.6. The molecule has 0 aliphatic carbocycles. The van der Waals surface area contributed by atoms with Crippen molar-refractivity contribution < 1.29 is 4.39 Å². The van der Waals surface area contributed by atoms with Gasteiger partial charge in [0.15, 0.2) is 0 Å². The van der Waals surface area contributed by atoms with Crippen molar-refractivity contribution in [2.45, 2.75) is 12.3 Å². The van der Waals surface area contributed by atoms with Crippen LogP contribution in [-0.4, -0.2) is 0 Å². The van der Waals surface area contributed by atoms with E-state index in [-0.39, 0.29) is 5.82 Å². The van der Waals surface area contributed by atoms with E-state index in [1.165, 1.54) is 0 Å². The molecule has 2 aromatic rings. The fourth-order valence-corrected chi connectivity index (χ4v) is 2.26. The number of hydrogen-bond acceptors (Lipinski definition) is 0. The fraction of sp³-hybridized carbons (Fsp3) is 0.143. The summed E-state index contributed by atoms with van der Waals surface area (Å²) in [4.78, 5) is 0. The van der Waals surface area contributed by atoms with Gasteiger partial charge in [-0.3, -0.25) is 0 Å². The summed E-state index contributed by atoms with van der Waals surface area (Å²) in [6, 6.07) is 12.9. The normalized spacial score (nSPS) is 12.5. The van der Waals surface area contributed by atoms with Crippen LogP contribution in [0.2, 0.25) is 0 Å². The third kappa shape index (κ3) is 2.70. The molecule has 0 fully saturated rings. The predicted octanol–water partition coefficient (Wildman–Crippen LogP) is 5.22. The Bertz CT molecular complexity index is 522. The molecule has 0 saturated carbocycles. The molecule has 0 saturated heterocycles. The van der Waals surface area contributed by atoms with Gasteiger partial charge in [0.25, 0.3) is 0 Å². The van der Waals surface area contributed by atoms with Crippen molar-refractivity contribution in [3.8, 4) is 0 Å².